The van der Waals surface area contributed by atoms with E-state index in [1.807, 2.05) is 37.3 Å². The quantitative estimate of drug-likeness (QED) is 0.872. The molecule has 1 aliphatic heterocycles. The standard InChI is InChI=1S/C19H25N3O3/c1-15(18-7-4-12-25-18)20-19(23)14-21-8-10-22(11-9-21)16-5-3-6-17(13-16)24-2/h3-7,12-13,15H,8-11,14H2,1-2H3,(H,20,23)/t15-/m0/s1. The number of carbonyl (C=O) groups is 1. The van der Waals surface area contributed by atoms with Crippen molar-refractivity contribution in [1.29, 1.82) is 0 Å². The first-order valence-corrected chi connectivity index (χ1v) is 8.60. The topological polar surface area (TPSA) is 58.0 Å². The van der Waals surface area contributed by atoms with Crippen molar-refractivity contribution < 1.29 is 13.9 Å². The van der Waals surface area contributed by atoms with Crippen LogP contribution >= 0.6 is 0 Å². The summed E-state index contributed by atoms with van der Waals surface area (Å²) in [5.41, 5.74) is 1.16. The molecule has 1 saturated heterocycles. The number of hydrogen-bond donors (Lipinski definition) is 1. The summed E-state index contributed by atoms with van der Waals surface area (Å²) in [6.07, 6.45) is 1.62. The Bertz CT molecular complexity index is 679. The second kappa shape index (κ2) is 8.07. The van der Waals surface area contributed by atoms with Crippen LogP contribution in [0.1, 0.15) is 18.7 Å². The molecule has 0 unspecified atom stereocenters. The van der Waals surface area contributed by atoms with E-state index in [0.29, 0.717) is 6.54 Å². The first kappa shape index (κ1) is 17.4. The maximum absolute atomic E-state index is 12.2. The second-order valence-corrected chi connectivity index (χ2v) is 6.27. The number of methoxy groups -OCH3 is 1. The molecule has 0 aliphatic carbocycles. The number of piperazine rings is 1. The lowest BCUT2D eigenvalue weighted by molar-refractivity contribution is -0.123. The predicted molar refractivity (Wildman–Crippen MR) is 96.9 cm³/mol. The highest BCUT2D eigenvalue weighted by atomic mass is 16.5. The van der Waals surface area contributed by atoms with Gasteiger partial charge in [-0.3, -0.25) is 9.69 Å². The number of ether oxygens (including phenoxy) is 1. The Morgan fingerprint density at radius 2 is 2.04 bits per heavy atom. The van der Waals surface area contributed by atoms with E-state index in [0.717, 1.165) is 43.4 Å². The molecule has 0 bridgehead atoms. The van der Waals surface area contributed by atoms with E-state index in [1.54, 1.807) is 13.4 Å². The average molecular weight is 343 g/mol. The van der Waals surface area contributed by atoms with Gasteiger partial charge < -0.3 is 19.4 Å². The maximum Gasteiger partial charge on any atom is 0.234 e. The zero-order chi connectivity index (χ0) is 17.6. The van der Waals surface area contributed by atoms with Crippen molar-refractivity contribution in [3.63, 3.8) is 0 Å². The third-order valence-corrected chi connectivity index (χ3v) is 4.51. The molecule has 134 valence electrons. The van der Waals surface area contributed by atoms with Crippen molar-refractivity contribution in [2.75, 3.05) is 44.7 Å². The van der Waals surface area contributed by atoms with Gasteiger partial charge in [-0.25, -0.2) is 0 Å². The summed E-state index contributed by atoms with van der Waals surface area (Å²) < 4.78 is 10.6. The molecule has 6 nitrogen and oxygen atoms in total. The SMILES string of the molecule is COc1cccc(N2CCN(CC(=O)N[C@@H](C)c3ccco3)CC2)c1. The van der Waals surface area contributed by atoms with Crippen LogP contribution < -0.4 is 15.0 Å². The van der Waals surface area contributed by atoms with Gasteiger partial charge in [-0.1, -0.05) is 6.07 Å². The molecule has 6 heteroatoms. The van der Waals surface area contributed by atoms with Crippen LogP contribution in [0.2, 0.25) is 0 Å². The number of carbonyl (C=O) groups excluding carboxylic acids is 1. The Hall–Kier alpha value is -2.47. The molecule has 1 fully saturated rings. The minimum absolute atomic E-state index is 0.0266. The molecule has 1 N–H and O–H groups in total. The van der Waals surface area contributed by atoms with Crippen LogP contribution in [0.15, 0.2) is 47.1 Å². The van der Waals surface area contributed by atoms with Crippen LogP contribution in [-0.4, -0.2) is 50.6 Å². The van der Waals surface area contributed by atoms with E-state index in [4.69, 9.17) is 9.15 Å². The fraction of sp³-hybridized carbons (Fsp3) is 0.421. The second-order valence-electron chi connectivity index (χ2n) is 6.27. The van der Waals surface area contributed by atoms with E-state index < -0.39 is 0 Å². The highest BCUT2D eigenvalue weighted by Crippen LogP contribution is 2.22. The maximum atomic E-state index is 12.2. The molecule has 1 amide bonds. The van der Waals surface area contributed by atoms with Gasteiger partial charge in [0.1, 0.15) is 11.5 Å². The zero-order valence-corrected chi connectivity index (χ0v) is 14.8. The van der Waals surface area contributed by atoms with Crippen LogP contribution in [0.5, 0.6) is 5.75 Å². The van der Waals surface area contributed by atoms with Crippen molar-refractivity contribution >= 4 is 11.6 Å². The first-order chi connectivity index (χ1) is 12.2. The fourth-order valence-electron chi connectivity index (χ4n) is 3.07. The Labute approximate surface area is 148 Å². The van der Waals surface area contributed by atoms with Crippen LogP contribution in [-0.2, 0) is 4.79 Å². The Balaban J connectivity index is 1.46. The van der Waals surface area contributed by atoms with Gasteiger partial charge in [0, 0.05) is 37.9 Å². The number of furan rings is 1. The van der Waals surface area contributed by atoms with E-state index >= 15 is 0 Å². The van der Waals surface area contributed by atoms with E-state index in [1.165, 1.54) is 0 Å². The van der Waals surface area contributed by atoms with Crippen molar-refractivity contribution in [3.05, 3.63) is 48.4 Å². The lowest BCUT2D eigenvalue weighted by Crippen LogP contribution is -2.49. The van der Waals surface area contributed by atoms with Gasteiger partial charge in [-0.05, 0) is 31.2 Å². The number of amides is 1. The first-order valence-electron chi connectivity index (χ1n) is 8.60. The summed E-state index contributed by atoms with van der Waals surface area (Å²) >= 11 is 0. The molecule has 1 atom stereocenters. The molecular formula is C19H25N3O3. The normalized spacial score (nSPS) is 16.5. The van der Waals surface area contributed by atoms with Gasteiger partial charge in [0.15, 0.2) is 0 Å². The molecule has 0 radical (unpaired) electrons. The number of nitrogens with zero attached hydrogens (tertiary/aromatic N) is 2. The molecule has 0 saturated carbocycles. The van der Waals surface area contributed by atoms with E-state index in [2.05, 4.69) is 21.2 Å². The fourth-order valence-corrected chi connectivity index (χ4v) is 3.07. The van der Waals surface area contributed by atoms with Crippen LogP contribution in [0.25, 0.3) is 0 Å². The average Bonchev–Trinajstić information content (AvgIpc) is 3.17. The molecule has 25 heavy (non-hydrogen) atoms. The summed E-state index contributed by atoms with van der Waals surface area (Å²) in [5.74, 6) is 1.67. The van der Waals surface area contributed by atoms with Crippen molar-refractivity contribution in [1.82, 2.24) is 10.2 Å². The third-order valence-electron chi connectivity index (χ3n) is 4.51. The summed E-state index contributed by atoms with van der Waals surface area (Å²) in [4.78, 5) is 16.7. The van der Waals surface area contributed by atoms with Crippen LogP contribution in [0, 0.1) is 0 Å². The summed E-state index contributed by atoms with van der Waals surface area (Å²) in [7, 11) is 1.68. The van der Waals surface area contributed by atoms with Gasteiger partial charge in [0.25, 0.3) is 0 Å². The zero-order valence-electron chi connectivity index (χ0n) is 14.8. The molecule has 1 aromatic heterocycles. The monoisotopic (exact) mass is 343 g/mol. The van der Waals surface area contributed by atoms with Gasteiger partial charge in [0.2, 0.25) is 5.91 Å². The number of benzene rings is 1. The van der Waals surface area contributed by atoms with Gasteiger partial charge in [-0.2, -0.15) is 0 Å². The Kier molecular flexibility index (Phi) is 5.60. The third kappa shape index (κ3) is 4.54. The Morgan fingerprint density at radius 1 is 1.24 bits per heavy atom. The van der Waals surface area contributed by atoms with Crippen molar-refractivity contribution in [3.8, 4) is 5.75 Å². The highest BCUT2D eigenvalue weighted by Gasteiger charge is 2.20. The Morgan fingerprint density at radius 3 is 2.72 bits per heavy atom. The summed E-state index contributed by atoms with van der Waals surface area (Å²) in [5, 5.41) is 2.98. The van der Waals surface area contributed by atoms with E-state index in [9.17, 15) is 4.79 Å². The largest absolute Gasteiger partial charge is 0.497 e. The van der Waals surface area contributed by atoms with Gasteiger partial charge in [-0.15, -0.1) is 0 Å². The lowest BCUT2D eigenvalue weighted by atomic mass is 10.2. The lowest BCUT2D eigenvalue weighted by Gasteiger charge is -2.36. The van der Waals surface area contributed by atoms with Crippen molar-refractivity contribution in [2.24, 2.45) is 0 Å². The molecule has 2 heterocycles. The minimum Gasteiger partial charge on any atom is -0.497 e. The predicted octanol–water partition coefficient (Wildman–Crippen LogP) is 2.29. The summed E-state index contributed by atoms with van der Waals surface area (Å²) in [6.45, 7) is 5.86. The number of nitrogens with one attached hydrogen (secondary N) is 1. The summed E-state index contributed by atoms with van der Waals surface area (Å²) in [6, 6.07) is 11.7. The molecule has 1 aromatic carbocycles. The molecule has 0 spiro atoms. The highest BCUT2D eigenvalue weighted by molar-refractivity contribution is 5.78. The van der Waals surface area contributed by atoms with Crippen LogP contribution in [0.3, 0.4) is 0 Å². The molecule has 3 rings (SSSR count). The van der Waals surface area contributed by atoms with E-state index in [-0.39, 0.29) is 11.9 Å². The van der Waals surface area contributed by atoms with Gasteiger partial charge >= 0.3 is 0 Å². The number of rotatable bonds is 6. The molecular weight excluding hydrogens is 318 g/mol. The smallest absolute Gasteiger partial charge is 0.234 e. The van der Waals surface area contributed by atoms with Crippen LogP contribution in [0.4, 0.5) is 5.69 Å². The molecule has 1 aliphatic rings. The number of anilines is 1. The molecule has 2 aromatic rings. The van der Waals surface area contributed by atoms with Gasteiger partial charge in [0.05, 0.1) is 26.0 Å². The van der Waals surface area contributed by atoms with Crippen molar-refractivity contribution in [2.45, 2.75) is 13.0 Å². The minimum atomic E-state index is -0.111. The number of hydrogen-bond acceptors (Lipinski definition) is 5.